The summed E-state index contributed by atoms with van der Waals surface area (Å²) in [6, 6.07) is -0.410. The lowest BCUT2D eigenvalue weighted by molar-refractivity contribution is 0.207. The molecule has 1 saturated heterocycles. The maximum absolute atomic E-state index is 12.0. The summed E-state index contributed by atoms with van der Waals surface area (Å²) in [7, 11) is 0. The first-order valence-corrected chi connectivity index (χ1v) is 8.31. The molecule has 0 radical (unpaired) electrons. The number of oxazole rings is 1. The number of rotatable bonds is 4. The van der Waals surface area contributed by atoms with E-state index >= 15 is 0 Å². The van der Waals surface area contributed by atoms with E-state index in [0.29, 0.717) is 25.5 Å². The second-order valence-electron chi connectivity index (χ2n) is 6.97. The number of nitrogens with zero attached hydrogens (tertiary/aromatic N) is 2. The standard InChI is InChI=1S/C16H27N5O3/c1-5-17-15(23)21-7-6-11(9-21)19-14(22)18-8-13-20-12(10-24-13)16(2,3)4/h10-11H,5-9H2,1-4H3,(H,17,23)(H2,18,19,22). The van der Waals surface area contributed by atoms with Gasteiger partial charge < -0.3 is 25.3 Å². The topological polar surface area (TPSA) is 99.5 Å². The summed E-state index contributed by atoms with van der Waals surface area (Å²) in [6.07, 6.45) is 2.37. The highest BCUT2D eigenvalue weighted by Gasteiger charge is 2.27. The van der Waals surface area contributed by atoms with Gasteiger partial charge in [0.1, 0.15) is 6.26 Å². The third-order valence-electron chi connectivity index (χ3n) is 3.86. The van der Waals surface area contributed by atoms with Gasteiger partial charge in [0.05, 0.1) is 12.2 Å². The van der Waals surface area contributed by atoms with E-state index in [1.807, 2.05) is 6.92 Å². The molecule has 24 heavy (non-hydrogen) atoms. The first-order chi connectivity index (χ1) is 11.3. The molecule has 8 heteroatoms. The van der Waals surface area contributed by atoms with E-state index in [-0.39, 0.29) is 30.1 Å². The Labute approximate surface area is 142 Å². The van der Waals surface area contributed by atoms with E-state index in [9.17, 15) is 9.59 Å². The molecule has 0 aromatic carbocycles. The van der Waals surface area contributed by atoms with Crippen molar-refractivity contribution in [1.29, 1.82) is 0 Å². The number of hydrogen-bond donors (Lipinski definition) is 3. The van der Waals surface area contributed by atoms with Gasteiger partial charge in [-0.3, -0.25) is 0 Å². The summed E-state index contributed by atoms with van der Waals surface area (Å²) < 4.78 is 5.37. The molecular formula is C16H27N5O3. The molecule has 1 aromatic rings. The van der Waals surface area contributed by atoms with Crippen LogP contribution in [0, 0.1) is 0 Å². The Bertz CT molecular complexity index is 579. The summed E-state index contributed by atoms with van der Waals surface area (Å²) in [5, 5.41) is 8.37. The second kappa shape index (κ2) is 7.55. The Morgan fingerprint density at radius 2 is 2.12 bits per heavy atom. The number of carbonyl (C=O) groups excluding carboxylic acids is 2. The summed E-state index contributed by atoms with van der Waals surface area (Å²) in [4.78, 5) is 29.8. The number of likely N-dealkylation sites (tertiary alicyclic amines) is 1. The first kappa shape index (κ1) is 18.1. The van der Waals surface area contributed by atoms with Crippen molar-refractivity contribution in [3.05, 3.63) is 17.8 Å². The van der Waals surface area contributed by atoms with Gasteiger partial charge in [-0.25, -0.2) is 14.6 Å². The molecule has 1 aliphatic heterocycles. The quantitative estimate of drug-likeness (QED) is 0.776. The van der Waals surface area contributed by atoms with Crippen molar-refractivity contribution < 1.29 is 14.0 Å². The number of nitrogens with one attached hydrogen (secondary N) is 3. The smallest absolute Gasteiger partial charge is 0.317 e. The number of hydrogen-bond acceptors (Lipinski definition) is 4. The van der Waals surface area contributed by atoms with Crippen LogP contribution in [-0.2, 0) is 12.0 Å². The molecule has 0 spiro atoms. The minimum atomic E-state index is -0.284. The lowest BCUT2D eigenvalue weighted by Crippen LogP contribution is -2.45. The Kier molecular flexibility index (Phi) is 5.69. The number of carbonyl (C=O) groups is 2. The van der Waals surface area contributed by atoms with Gasteiger partial charge in [0, 0.05) is 31.1 Å². The predicted molar refractivity (Wildman–Crippen MR) is 89.6 cm³/mol. The Morgan fingerprint density at radius 1 is 1.38 bits per heavy atom. The average molecular weight is 337 g/mol. The fraction of sp³-hybridized carbons (Fsp3) is 0.688. The molecule has 0 saturated carbocycles. The number of amides is 4. The Hall–Kier alpha value is -2.25. The van der Waals surface area contributed by atoms with Crippen LogP contribution in [-0.4, -0.2) is 47.6 Å². The SMILES string of the molecule is CCNC(=O)N1CCC(NC(=O)NCc2nc(C(C)(C)C)co2)C1. The molecule has 2 rings (SSSR count). The van der Waals surface area contributed by atoms with E-state index in [2.05, 4.69) is 41.7 Å². The molecule has 8 nitrogen and oxygen atoms in total. The minimum Gasteiger partial charge on any atom is -0.447 e. The lowest BCUT2D eigenvalue weighted by Gasteiger charge is -2.17. The minimum absolute atomic E-state index is 0.0395. The zero-order valence-corrected chi connectivity index (χ0v) is 14.8. The molecule has 3 N–H and O–H groups in total. The van der Waals surface area contributed by atoms with Crippen LogP contribution in [0.4, 0.5) is 9.59 Å². The van der Waals surface area contributed by atoms with Crippen molar-refractivity contribution in [3.8, 4) is 0 Å². The van der Waals surface area contributed by atoms with Crippen molar-refractivity contribution in [2.45, 2.75) is 52.1 Å². The zero-order valence-electron chi connectivity index (χ0n) is 14.8. The number of urea groups is 2. The lowest BCUT2D eigenvalue weighted by atomic mass is 9.93. The van der Waals surface area contributed by atoms with Crippen molar-refractivity contribution in [1.82, 2.24) is 25.8 Å². The van der Waals surface area contributed by atoms with Crippen LogP contribution in [0.2, 0.25) is 0 Å². The number of aromatic nitrogens is 1. The van der Waals surface area contributed by atoms with Crippen LogP contribution in [0.3, 0.4) is 0 Å². The van der Waals surface area contributed by atoms with E-state index in [1.54, 1.807) is 11.2 Å². The molecule has 0 bridgehead atoms. The van der Waals surface area contributed by atoms with E-state index < -0.39 is 0 Å². The van der Waals surface area contributed by atoms with E-state index in [4.69, 9.17) is 4.42 Å². The zero-order chi connectivity index (χ0) is 17.7. The van der Waals surface area contributed by atoms with Crippen LogP contribution in [0.1, 0.15) is 45.7 Å². The molecule has 1 fully saturated rings. The molecule has 1 unspecified atom stereocenters. The third kappa shape index (κ3) is 4.87. The molecule has 4 amide bonds. The van der Waals surface area contributed by atoms with Crippen molar-refractivity contribution in [3.63, 3.8) is 0 Å². The first-order valence-electron chi connectivity index (χ1n) is 8.31. The van der Waals surface area contributed by atoms with Gasteiger partial charge in [-0.05, 0) is 13.3 Å². The van der Waals surface area contributed by atoms with Crippen LogP contribution >= 0.6 is 0 Å². The van der Waals surface area contributed by atoms with E-state index in [0.717, 1.165) is 12.1 Å². The van der Waals surface area contributed by atoms with Crippen molar-refractivity contribution in [2.24, 2.45) is 0 Å². The maximum Gasteiger partial charge on any atom is 0.317 e. The highest BCUT2D eigenvalue weighted by molar-refractivity contribution is 5.76. The highest BCUT2D eigenvalue weighted by atomic mass is 16.3. The van der Waals surface area contributed by atoms with Crippen LogP contribution in [0.15, 0.2) is 10.7 Å². The molecule has 0 aliphatic carbocycles. The van der Waals surface area contributed by atoms with Crippen LogP contribution in [0.25, 0.3) is 0 Å². The Balaban J connectivity index is 1.74. The summed E-state index contributed by atoms with van der Waals surface area (Å²) in [6.45, 7) is 10.0. The van der Waals surface area contributed by atoms with Crippen LogP contribution in [0.5, 0.6) is 0 Å². The van der Waals surface area contributed by atoms with Gasteiger partial charge in [0.15, 0.2) is 0 Å². The van der Waals surface area contributed by atoms with Crippen molar-refractivity contribution >= 4 is 12.1 Å². The normalized spacial score (nSPS) is 17.7. The summed E-state index contributed by atoms with van der Waals surface area (Å²) in [5.41, 5.74) is 0.768. The van der Waals surface area contributed by atoms with Crippen LogP contribution < -0.4 is 16.0 Å². The van der Waals surface area contributed by atoms with Gasteiger partial charge in [0.2, 0.25) is 5.89 Å². The fourth-order valence-electron chi connectivity index (χ4n) is 2.45. The highest BCUT2D eigenvalue weighted by Crippen LogP contribution is 2.20. The molecule has 2 heterocycles. The van der Waals surface area contributed by atoms with E-state index in [1.165, 1.54) is 0 Å². The van der Waals surface area contributed by atoms with Gasteiger partial charge >= 0.3 is 12.1 Å². The monoisotopic (exact) mass is 337 g/mol. The molecule has 1 atom stereocenters. The van der Waals surface area contributed by atoms with Gasteiger partial charge in [-0.1, -0.05) is 20.8 Å². The molecule has 134 valence electrons. The van der Waals surface area contributed by atoms with Gasteiger partial charge in [-0.15, -0.1) is 0 Å². The largest absolute Gasteiger partial charge is 0.447 e. The summed E-state index contributed by atoms with van der Waals surface area (Å²) in [5.74, 6) is 0.477. The van der Waals surface area contributed by atoms with Crippen molar-refractivity contribution in [2.75, 3.05) is 19.6 Å². The second-order valence-corrected chi connectivity index (χ2v) is 6.97. The maximum atomic E-state index is 12.0. The molecule has 1 aliphatic rings. The molecular weight excluding hydrogens is 310 g/mol. The predicted octanol–water partition coefficient (Wildman–Crippen LogP) is 1.58. The van der Waals surface area contributed by atoms with Gasteiger partial charge in [-0.2, -0.15) is 0 Å². The fourth-order valence-corrected chi connectivity index (χ4v) is 2.45. The summed E-state index contributed by atoms with van der Waals surface area (Å²) >= 11 is 0. The van der Waals surface area contributed by atoms with Gasteiger partial charge in [0.25, 0.3) is 0 Å². The Morgan fingerprint density at radius 3 is 2.75 bits per heavy atom. The average Bonchev–Trinajstić information content (AvgIpc) is 3.14. The molecule has 1 aromatic heterocycles. The third-order valence-corrected chi connectivity index (χ3v) is 3.86.